The topological polar surface area (TPSA) is 33.1 Å². The van der Waals surface area contributed by atoms with Crippen LogP contribution >= 0.6 is 11.3 Å². The Kier molecular flexibility index (Phi) is 4.09. The Morgan fingerprint density at radius 3 is 2.72 bits per heavy atom. The summed E-state index contributed by atoms with van der Waals surface area (Å²) in [5, 5.41) is 10.9. The number of hydrogen-bond donors (Lipinski definition) is 1. The first kappa shape index (κ1) is 13.2. The third-order valence-corrected chi connectivity index (χ3v) is 3.94. The molecular formula is C14H16FNOS. The highest BCUT2D eigenvalue weighted by Gasteiger charge is 2.11. The third-order valence-electron chi connectivity index (χ3n) is 2.84. The average molecular weight is 265 g/mol. The molecule has 1 atom stereocenters. The predicted octanol–water partition coefficient (Wildman–Crippen LogP) is 3.05. The molecule has 1 aromatic heterocycles. The van der Waals surface area contributed by atoms with Crippen molar-refractivity contribution in [1.29, 1.82) is 0 Å². The summed E-state index contributed by atoms with van der Waals surface area (Å²) in [6.45, 7) is 3.99. The van der Waals surface area contributed by atoms with Crippen LogP contribution in [0.4, 0.5) is 4.39 Å². The first-order valence-corrected chi connectivity index (χ1v) is 6.71. The summed E-state index contributed by atoms with van der Waals surface area (Å²) in [7, 11) is 0. The van der Waals surface area contributed by atoms with E-state index in [1.807, 2.05) is 19.9 Å². The van der Waals surface area contributed by atoms with Crippen molar-refractivity contribution < 1.29 is 9.50 Å². The highest BCUT2D eigenvalue weighted by atomic mass is 32.1. The smallest absolute Gasteiger partial charge is 0.123 e. The van der Waals surface area contributed by atoms with Crippen molar-refractivity contribution >= 4 is 11.3 Å². The van der Waals surface area contributed by atoms with Crippen molar-refractivity contribution in [3.63, 3.8) is 0 Å². The third kappa shape index (κ3) is 3.37. The molecule has 0 amide bonds. The molecule has 18 heavy (non-hydrogen) atoms. The molecule has 0 aliphatic carbocycles. The van der Waals surface area contributed by atoms with Gasteiger partial charge in [0.25, 0.3) is 0 Å². The lowest BCUT2D eigenvalue weighted by Gasteiger charge is -2.08. The predicted molar refractivity (Wildman–Crippen MR) is 71.4 cm³/mol. The summed E-state index contributed by atoms with van der Waals surface area (Å²) in [6, 6.07) is 6.35. The van der Waals surface area contributed by atoms with Crippen LogP contribution in [-0.2, 0) is 12.8 Å². The van der Waals surface area contributed by atoms with Crippen LogP contribution in [-0.4, -0.2) is 16.2 Å². The van der Waals surface area contributed by atoms with Gasteiger partial charge in [0, 0.05) is 11.3 Å². The standard InChI is InChI=1S/C14H16FNOS/c1-9-10(2)18-14(16-9)8-13(17)7-11-4-3-5-12(15)6-11/h3-6,13,17H,7-8H2,1-2H3. The van der Waals surface area contributed by atoms with Gasteiger partial charge >= 0.3 is 0 Å². The van der Waals surface area contributed by atoms with E-state index in [0.29, 0.717) is 12.8 Å². The van der Waals surface area contributed by atoms with Crippen molar-refractivity contribution in [2.75, 3.05) is 0 Å². The van der Waals surface area contributed by atoms with Crippen LogP contribution in [0.15, 0.2) is 24.3 Å². The Morgan fingerprint density at radius 1 is 1.33 bits per heavy atom. The number of benzene rings is 1. The minimum Gasteiger partial charge on any atom is -0.392 e. The molecule has 2 rings (SSSR count). The van der Waals surface area contributed by atoms with Gasteiger partial charge in [-0.1, -0.05) is 12.1 Å². The van der Waals surface area contributed by atoms with Crippen molar-refractivity contribution in [2.45, 2.75) is 32.8 Å². The number of hydrogen-bond acceptors (Lipinski definition) is 3. The van der Waals surface area contributed by atoms with Gasteiger partial charge < -0.3 is 5.11 Å². The van der Waals surface area contributed by atoms with Crippen LogP contribution in [0, 0.1) is 19.7 Å². The molecule has 1 N–H and O–H groups in total. The fourth-order valence-corrected chi connectivity index (χ4v) is 2.84. The maximum absolute atomic E-state index is 13.0. The number of nitrogens with zero attached hydrogens (tertiary/aromatic N) is 1. The Hall–Kier alpha value is -1.26. The summed E-state index contributed by atoms with van der Waals surface area (Å²) >= 11 is 1.61. The molecule has 0 aliphatic heterocycles. The molecule has 0 saturated heterocycles. The number of aliphatic hydroxyl groups excluding tert-OH is 1. The summed E-state index contributed by atoms with van der Waals surface area (Å²) in [6.07, 6.45) is 0.461. The lowest BCUT2D eigenvalue weighted by atomic mass is 10.1. The molecule has 0 bridgehead atoms. The van der Waals surface area contributed by atoms with E-state index in [1.54, 1.807) is 17.4 Å². The van der Waals surface area contributed by atoms with Gasteiger partial charge in [-0.3, -0.25) is 0 Å². The second kappa shape index (κ2) is 5.59. The Morgan fingerprint density at radius 2 is 2.11 bits per heavy atom. The maximum Gasteiger partial charge on any atom is 0.123 e. The fraction of sp³-hybridized carbons (Fsp3) is 0.357. The van der Waals surface area contributed by atoms with Crippen LogP contribution in [0.25, 0.3) is 0 Å². The zero-order chi connectivity index (χ0) is 13.1. The molecule has 1 heterocycles. The van der Waals surface area contributed by atoms with Gasteiger partial charge in [0.05, 0.1) is 16.8 Å². The lowest BCUT2D eigenvalue weighted by molar-refractivity contribution is 0.175. The van der Waals surface area contributed by atoms with E-state index >= 15 is 0 Å². The molecule has 0 radical (unpaired) electrons. The van der Waals surface area contributed by atoms with E-state index in [-0.39, 0.29) is 5.82 Å². The van der Waals surface area contributed by atoms with Gasteiger partial charge in [0.15, 0.2) is 0 Å². The number of rotatable bonds is 4. The highest BCUT2D eigenvalue weighted by Crippen LogP contribution is 2.19. The summed E-state index contributed by atoms with van der Waals surface area (Å²) < 4.78 is 13.0. The zero-order valence-electron chi connectivity index (χ0n) is 10.5. The first-order chi connectivity index (χ1) is 8.54. The van der Waals surface area contributed by atoms with Crippen LogP contribution in [0.3, 0.4) is 0 Å². The minimum atomic E-state index is -0.517. The van der Waals surface area contributed by atoms with Crippen molar-refractivity contribution in [3.8, 4) is 0 Å². The van der Waals surface area contributed by atoms with E-state index in [2.05, 4.69) is 4.98 Å². The molecule has 96 valence electrons. The molecule has 0 saturated carbocycles. The maximum atomic E-state index is 13.0. The monoisotopic (exact) mass is 265 g/mol. The SMILES string of the molecule is Cc1nc(CC(O)Cc2cccc(F)c2)sc1C. The number of aliphatic hydroxyl groups is 1. The minimum absolute atomic E-state index is 0.263. The molecule has 1 unspecified atom stereocenters. The average Bonchev–Trinajstić information content (AvgIpc) is 2.57. The summed E-state index contributed by atoms with van der Waals surface area (Å²) in [5.41, 5.74) is 1.83. The van der Waals surface area contributed by atoms with E-state index in [0.717, 1.165) is 16.3 Å². The normalized spacial score (nSPS) is 12.7. The van der Waals surface area contributed by atoms with Crippen LogP contribution in [0.1, 0.15) is 21.1 Å². The van der Waals surface area contributed by atoms with Gasteiger partial charge in [-0.25, -0.2) is 9.37 Å². The quantitative estimate of drug-likeness (QED) is 0.921. The second-order valence-electron chi connectivity index (χ2n) is 4.44. The fourth-order valence-electron chi connectivity index (χ4n) is 1.84. The Labute approximate surface area is 110 Å². The van der Waals surface area contributed by atoms with Gasteiger partial charge in [0.2, 0.25) is 0 Å². The number of aromatic nitrogens is 1. The Balaban J connectivity index is 1.98. The zero-order valence-corrected chi connectivity index (χ0v) is 11.3. The van der Waals surface area contributed by atoms with E-state index in [4.69, 9.17) is 0 Å². The molecule has 2 nitrogen and oxygen atoms in total. The number of aryl methyl sites for hydroxylation is 2. The molecular weight excluding hydrogens is 249 g/mol. The van der Waals surface area contributed by atoms with E-state index in [9.17, 15) is 9.50 Å². The lowest BCUT2D eigenvalue weighted by Crippen LogP contribution is -2.13. The largest absolute Gasteiger partial charge is 0.392 e. The Bertz CT molecular complexity index is 519. The number of halogens is 1. The van der Waals surface area contributed by atoms with Gasteiger partial charge in [-0.15, -0.1) is 11.3 Å². The number of thiazole rings is 1. The van der Waals surface area contributed by atoms with Crippen LogP contribution in [0.2, 0.25) is 0 Å². The first-order valence-electron chi connectivity index (χ1n) is 5.90. The van der Waals surface area contributed by atoms with Crippen molar-refractivity contribution in [2.24, 2.45) is 0 Å². The highest BCUT2D eigenvalue weighted by molar-refractivity contribution is 7.11. The van der Waals surface area contributed by atoms with Gasteiger partial charge in [-0.2, -0.15) is 0 Å². The van der Waals surface area contributed by atoms with Crippen molar-refractivity contribution in [1.82, 2.24) is 4.98 Å². The van der Waals surface area contributed by atoms with Gasteiger partial charge in [-0.05, 0) is 38.0 Å². The molecule has 0 fully saturated rings. The molecule has 0 spiro atoms. The van der Waals surface area contributed by atoms with E-state index in [1.165, 1.54) is 17.0 Å². The van der Waals surface area contributed by atoms with Crippen molar-refractivity contribution in [3.05, 3.63) is 51.2 Å². The summed E-state index contributed by atoms with van der Waals surface area (Å²) in [5.74, 6) is -0.263. The van der Waals surface area contributed by atoms with Crippen LogP contribution < -0.4 is 0 Å². The molecule has 1 aromatic carbocycles. The molecule has 2 aromatic rings. The molecule has 4 heteroatoms. The van der Waals surface area contributed by atoms with Crippen LogP contribution in [0.5, 0.6) is 0 Å². The van der Waals surface area contributed by atoms with Gasteiger partial charge in [0.1, 0.15) is 5.82 Å². The summed E-state index contributed by atoms with van der Waals surface area (Å²) in [4.78, 5) is 5.58. The molecule has 0 aliphatic rings. The van der Waals surface area contributed by atoms with E-state index < -0.39 is 6.10 Å². The second-order valence-corrected chi connectivity index (χ2v) is 5.73.